The Balaban J connectivity index is 1.21. The summed E-state index contributed by atoms with van der Waals surface area (Å²) in [6, 6.07) is 13.7. The summed E-state index contributed by atoms with van der Waals surface area (Å²) in [6.45, 7) is 1.24. The molecule has 3 aliphatic rings. The van der Waals surface area contributed by atoms with Gasteiger partial charge in [0, 0.05) is 30.7 Å². The molecular weight excluding hydrogens is 429 g/mol. The van der Waals surface area contributed by atoms with Gasteiger partial charge in [0.25, 0.3) is 0 Å². The number of piperidine rings is 1. The number of nitrogens with one attached hydrogen (secondary N) is 1. The lowest BCUT2D eigenvalue weighted by Crippen LogP contribution is -2.55. The van der Waals surface area contributed by atoms with Crippen molar-refractivity contribution in [3.63, 3.8) is 0 Å². The topological polar surface area (TPSA) is 58.2 Å². The number of aromatic amines is 1. The van der Waals surface area contributed by atoms with E-state index in [0.717, 1.165) is 56.0 Å². The highest BCUT2D eigenvalue weighted by atomic mass is 19.1. The highest BCUT2D eigenvalue weighted by Gasteiger charge is 2.50. The highest BCUT2D eigenvalue weighted by Crippen LogP contribution is 2.45. The van der Waals surface area contributed by atoms with E-state index < -0.39 is 5.41 Å². The zero-order chi connectivity index (χ0) is 23.1. The molecule has 0 aliphatic carbocycles. The molecule has 1 aromatic heterocycles. The molecule has 0 saturated carbocycles. The van der Waals surface area contributed by atoms with Crippen LogP contribution in [0.5, 0.6) is 0 Å². The number of hydrogen-bond acceptors (Lipinski definition) is 3. The van der Waals surface area contributed by atoms with Crippen molar-refractivity contribution in [3.8, 4) is 0 Å². The third-order valence-corrected chi connectivity index (χ3v) is 8.51. The van der Waals surface area contributed by atoms with Crippen molar-refractivity contribution in [2.75, 3.05) is 13.2 Å². The highest BCUT2D eigenvalue weighted by molar-refractivity contribution is 5.84. The number of rotatable bonds is 5. The first-order valence-electron chi connectivity index (χ1n) is 12.7. The van der Waals surface area contributed by atoms with Gasteiger partial charge in [0.1, 0.15) is 5.82 Å². The first-order chi connectivity index (χ1) is 16.6. The Morgan fingerprint density at radius 3 is 2.56 bits per heavy atom. The molecule has 1 N–H and O–H groups in total. The summed E-state index contributed by atoms with van der Waals surface area (Å²) in [7, 11) is 0. The number of ether oxygens (including phenoxy) is 1. The molecule has 178 valence electrons. The van der Waals surface area contributed by atoms with Crippen LogP contribution in [0.25, 0.3) is 10.9 Å². The van der Waals surface area contributed by atoms with Gasteiger partial charge in [0.15, 0.2) is 0 Å². The van der Waals surface area contributed by atoms with Crippen molar-refractivity contribution in [3.05, 3.63) is 65.6 Å². The number of nitrogens with zero attached hydrogens (tertiary/aromatic N) is 2. The van der Waals surface area contributed by atoms with Crippen LogP contribution in [0, 0.1) is 17.2 Å². The van der Waals surface area contributed by atoms with E-state index in [-0.39, 0.29) is 5.82 Å². The van der Waals surface area contributed by atoms with Crippen molar-refractivity contribution in [1.29, 1.82) is 0 Å². The number of carbonyl (C=O) groups excluding carboxylic acids is 1. The smallest absolute Gasteiger partial charge is 0.229 e. The number of aromatic nitrogens is 2. The molecule has 5 nitrogen and oxygen atoms in total. The van der Waals surface area contributed by atoms with Crippen LogP contribution in [-0.2, 0) is 22.4 Å². The lowest BCUT2D eigenvalue weighted by molar-refractivity contribution is -0.153. The number of carbonyl (C=O) groups is 1. The van der Waals surface area contributed by atoms with Crippen LogP contribution in [0.3, 0.4) is 0 Å². The van der Waals surface area contributed by atoms with Gasteiger partial charge >= 0.3 is 0 Å². The lowest BCUT2D eigenvalue weighted by atomic mass is 9.73. The summed E-state index contributed by atoms with van der Waals surface area (Å²) < 4.78 is 19.1. The van der Waals surface area contributed by atoms with Gasteiger partial charge in [-0.05, 0) is 86.6 Å². The van der Waals surface area contributed by atoms with Gasteiger partial charge in [-0.2, -0.15) is 5.10 Å². The molecule has 6 heteroatoms. The molecule has 0 radical (unpaired) electrons. The fraction of sp³-hybridized carbons (Fsp3) is 0.500. The van der Waals surface area contributed by atoms with E-state index in [4.69, 9.17) is 4.74 Å². The Bertz CT molecular complexity index is 1150. The molecular formula is C28H32FN3O2. The number of hydrogen-bond donors (Lipinski definition) is 1. The Kier molecular flexibility index (Phi) is 5.64. The maximum Gasteiger partial charge on any atom is 0.229 e. The van der Waals surface area contributed by atoms with Crippen molar-refractivity contribution in [1.82, 2.24) is 15.1 Å². The Morgan fingerprint density at radius 2 is 1.82 bits per heavy atom. The number of benzene rings is 2. The first-order valence-corrected chi connectivity index (χ1v) is 12.7. The minimum Gasteiger partial charge on any atom is -0.381 e. The van der Waals surface area contributed by atoms with Crippen LogP contribution in [-0.4, -0.2) is 46.3 Å². The molecule has 4 heterocycles. The molecule has 2 bridgehead atoms. The molecule has 3 aliphatic heterocycles. The van der Waals surface area contributed by atoms with Gasteiger partial charge in [-0.1, -0.05) is 24.3 Å². The Morgan fingerprint density at radius 1 is 1.09 bits per heavy atom. The monoisotopic (exact) mass is 461 g/mol. The fourth-order valence-electron chi connectivity index (χ4n) is 6.80. The normalized spacial score (nSPS) is 26.1. The van der Waals surface area contributed by atoms with Crippen LogP contribution in [0.4, 0.5) is 4.39 Å². The minimum absolute atomic E-state index is 0.234. The molecule has 2 atom stereocenters. The summed E-state index contributed by atoms with van der Waals surface area (Å²) >= 11 is 0. The van der Waals surface area contributed by atoms with E-state index in [1.54, 1.807) is 0 Å². The van der Waals surface area contributed by atoms with Crippen LogP contribution in [0.1, 0.15) is 49.7 Å². The van der Waals surface area contributed by atoms with Crippen LogP contribution in [0.15, 0.2) is 48.7 Å². The average molecular weight is 462 g/mol. The second-order valence-electron chi connectivity index (χ2n) is 10.6. The van der Waals surface area contributed by atoms with E-state index in [9.17, 15) is 9.18 Å². The van der Waals surface area contributed by atoms with Gasteiger partial charge in [-0.25, -0.2) is 4.39 Å². The number of fused-ring (bicyclic) bond motifs is 3. The summed E-state index contributed by atoms with van der Waals surface area (Å²) in [4.78, 5) is 16.5. The molecule has 3 saturated heterocycles. The zero-order valence-corrected chi connectivity index (χ0v) is 19.5. The molecule has 2 aromatic carbocycles. The Labute approximate surface area is 199 Å². The van der Waals surface area contributed by atoms with E-state index in [0.29, 0.717) is 43.5 Å². The second kappa shape index (κ2) is 8.81. The standard InChI is InChI=1S/C28H32FN3O2/c29-22-6-4-19(5-7-22)17-28(10-12-34-13-11-28)27(33)32-23-8-9-24(32)16-20(15-23)14-21-2-1-3-26-25(21)18-30-31-26/h1-7,18,20,23-24H,8-17H2,(H,30,31). The van der Waals surface area contributed by atoms with E-state index in [1.807, 2.05) is 18.3 Å². The minimum atomic E-state index is -0.438. The SMILES string of the molecule is O=C(N1C2CCC1CC(Cc1cccc3[nH]ncc13)C2)C1(Cc2ccc(F)cc2)CCOCC1. The predicted molar refractivity (Wildman–Crippen MR) is 129 cm³/mol. The van der Waals surface area contributed by atoms with Gasteiger partial charge < -0.3 is 9.64 Å². The summed E-state index contributed by atoms with van der Waals surface area (Å²) in [5.41, 5.74) is 3.04. The van der Waals surface area contributed by atoms with E-state index in [2.05, 4.69) is 33.3 Å². The quantitative estimate of drug-likeness (QED) is 0.578. The number of H-pyrrole nitrogens is 1. The van der Waals surface area contributed by atoms with Crippen LogP contribution >= 0.6 is 0 Å². The van der Waals surface area contributed by atoms with Crippen molar-refractivity contribution in [2.24, 2.45) is 11.3 Å². The third kappa shape index (κ3) is 3.92. The first kappa shape index (κ1) is 21.8. The molecule has 3 fully saturated rings. The van der Waals surface area contributed by atoms with Crippen molar-refractivity contribution >= 4 is 16.8 Å². The van der Waals surface area contributed by atoms with Crippen LogP contribution < -0.4 is 0 Å². The molecule has 1 amide bonds. The van der Waals surface area contributed by atoms with Gasteiger partial charge in [0.2, 0.25) is 5.91 Å². The van der Waals surface area contributed by atoms with Gasteiger partial charge in [-0.3, -0.25) is 9.89 Å². The van der Waals surface area contributed by atoms with Crippen molar-refractivity contribution < 1.29 is 13.9 Å². The maximum atomic E-state index is 14.2. The van der Waals surface area contributed by atoms with E-state index >= 15 is 0 Å². The van der Waals surface area contributed by atoms with Gasteiger partial charge in [0.05, 0.1) is 17.1 Å². The molecule has 6 rings (SSSR count). The molecule has 34 heavy (non-hydrogen) atoms. The number of amides is 1. The lowest BCUT2D eigenvalue weighted by Gasteiger charge is -2.46. The fourth-order valence-corrected chi connectivity index (χ4v) is 6.80. The van der Waals surface area contributed by atoms with E-state index in [1.165, 1.54) is 23.1 Å². The second-order valence-corrected chi connectivity index (χ2v) is 10.6. The summed E-state index contributed by atoms with van der Waals surface area (Å²) in [5.74, 6) is 0.662. The largest absolute Gasteiger partial charge is 0.381 e. The molecule has 0 spiro atoms. The third-order valence-electron chi connectivity index (χ3n) is 8.51. The van der Waals surface area contributed by atoms with Crippen LogP contribution in [0.2, 0.25) is 0 Å². The molecule has 3 aromatic rings. The summed E-state index contributed by atoms with van der Waals surface area (Å²) in [6.07, 6.45) is 9.47. The predicted octanol–water partition coefficient (Wildman–Crippen LogP) is 5.05. The molecule has 2 unspecified atom stereocenters. The maximum absolute atomic E-state index is 14.2. The zero-order valence-electron chi connectivity index (χ0n) is 19.5. The average Bonchev–Trinajstić information content (AvgIpc) is 3.44. The number of halogens is 1. The Hall–Kier alpha value is -2.73. The van der Waals surface area contributed by atoms with Crippen molar-refractivity contribution in [2.45, 2.75) is 63.5 Å². The van der Waals surface area contributed by atoms with Gasteiger partial charge in [-0.15, -0.1) is 0 Å². The summed E-state index contributed by atoms with van der Waals surface area (Å²) in [5, 5.41) is 8.52.